The molecule has 12 heteroatoms. The zero-order valence-electron chi connectivity index (χ0n) is 21.2. The molecular weight excluding hydrogens is 552 g/mol. The Balaban J connectivity index is 1.26. The first-order valence-electron chi connectivity index (χ1n) is 12.5. The van der Waals surface area contributed by atoms with Gasteiger partial charge >= 0.3 is 0 Å². The summed E-state index contributed by atoms with van der Waals surface area (Å²) in [5.74, 6) is -0.476. The van der Waals surface area contributed by atoms with Gasteiger partial charge in [0.15, 0.2) is 0 Å². The van der Waals surface area contributed by atoms with Crippen molar-refractivity contribution in [2.75, 3.05) is 18.4 Å². The predicted molar refractivity (Wildman–Crippen MR) is 153 cm³/mol. The summed E-state index contributed by atoms with van der Waals surface area (Å²) in [4.78, 5) is 56.0. The molecule has 2 amide bonds. The van der Waals surface area contributed by atoms with Crippen LogP contribution in [0.25, 0.3) is 22.4 Å². The fraction of sp³-hybridized carbons (Fsp3) is 0.179. The highest BCUT2D eigenvalue weighted by atomic mass is 35.5. The SMILES string of the molecule is Cc1ncsc1CCN1C(=O)c2cc3nc(-c4c(NCC(O)c5cccc(Cl)c5)cc[nH]c4=O)[nH]c3cc2C1=O. The molecule has 1 aliphatic rings. The molecule has 0 fully saturated rings. The van der Waals surface area contributed by atoms with E-state index in [-0.39, 0.29) is 41.9 Å². The number of nitrogens with one attached hydrogen (secondary N) is 3. The minimum Gasteiger partial charge on any atom is -0.387 e. The lowest BCUT2D eigenvalue weighted by atomic mass is 10.1. The van der Waals surface area contributed by atoms with E-state index in [0.717, 1.165) is 10.6 Å². The molecule has 0 aliphatic carbocycles. The van der Waals surface area contributed by atoms with Gasteiger partial charge in [-0.15, -0.1) is 11.3 Å². The zero-order valence-corrected chi connectivity index (χ0v) is 22.8. The number of pyridine rings is 1. The number of aliphatic hydroxyl groups is 1. The van der Waals surface area contributed by atoms with Gasteiger partial charge in [0.1, 0.15) is 11.4 Å². The molecule has 1 aliphatic heterocycles. The van der Waals surface area contributed by atoms with E-state index in [1.54, 1.807) is 48.0 Å². The van der Waals surface area contributed by atoms with E-state index < -0.39 is 11.7 Å². The van der Waals surface area contributed by atoms with Crippen molar-refractivity contribution in [3.05, 3.63) is 96.8 Å². The third kappa shape index (κ3) is 4.68. The molecule has 1 unspecified atom stereocenters. The summed E-state index contributed by atoms with van der Waals surface area (Å²) in [5.41, 5.74) is 5.10. The Morgan fingerprint density at radius 2 is 1.93 bits per heavy atom. The van der Waals surface area contributed by atoms with E-state index in [0.29, 0.717) is 39.3 Å². The molecule has 2 aromatic carbocycles. The van der Waals surface area contributed by atoms with Crippen LogP contribution in [0.3, 0.4) is 0 Å². The van der Waals surface area contributed by atoms with Crippen molar-refractivity contribution in [1.82, 2.24) is 24.8 Å². The highest BCUT2D eigenvalue weighted by Crippen LogP contribution is 2.31. The Morgan fingerprint density at radius 3 is 2.67 bits per heavy atom. The molecule has 6 rings (SSSR count). The first-order chi connectivity index (χ1) is 19.3. The van der Waals surface area contributed by atoms with Crippen LogP contribution in [0.2, 0.25) is 5.02 Å². The predicted octanol–water partition coefficient (Wildman–Crippen LogP) is 4.32. The van der Waals surface area contributed by atoms with Gasteiger partial charge in [-0.3, -0.25) is 19.3 Å². The number of thiazole rings is 1. The number of aliphatic hydroxyl groups excluding tert-OH is 1. The molecule has 10 nitrogen and oxygen atoms in total. The summed E-state index contributed by atoms with van der Waals surface area (Å²) >= 11 is 7.54. The minimum absolute atomic E-state index is 0.116. The fourth-order valence-electron chi connectivity index (χ4n) is 4.79. The van der Waals surface area contributed by atoms with Gasteiger partial charge in [0.2, 0.25) is 0 Å². The first kappa shape index (κ1) is 25.9. The van der Waals surface area contributed by atoms with Crippen LogP contribution in [0, 0.1) is 6.92 Å². The molecule has 4 N–H and O–H groups in total. The molecule has 4 heterocycles. The Labute approximate surface area is 236 Å². The van der Waals surface area contributed by atoms with E-state index in [1.165, 1.54) is 22.4 Å². The third-order valence-electron chi connectivity index (χ3n) is 6.90. The smallest absolute Gasteiger partial charge is 0.261 e. The van der Waals surface area contributed by atoms with Crippen LogP contribution < -0.4 is 10.9 Å². The number of aromatic amines is 2. The van der Waals surface area contributed by atoms with Gasteiger partial charge in [-0.25, -0.2) is 9.97 Å². The Hall–Kier alpha value is -4.32. The standard InChI is InChI=1S/C28H23ClN6O4S/c1-14-23(40-13-32-14)6-8-35-27(38)17-10-20-21(11-18(17)28(35)39)34-25(33-20)24-19(5-7-30-26(24)37)31-12-22(36)15-3-2-4-16(29)9-15/h2-5,7,9-11,13,22,36H,6,8,12H2,1H3,(H,33,34)(H2,30,31,37). The number of rotatable bonds is 8. The topological polar surface area (TPSA) is 144 Å². The fourth-order valence-corrected chi connectivity index (χ4v) is 5.76. The average molecular weight is 575 g/mol. The lowest BCUT2D eigenvalue weighted by molar-refractivity contribution is 0.0656. The lowest BCUT2D eigenvalue weighted by Crippen LogP contribution is -2.31. The normalized spacial score (nSPS) is 13.7. The third-order valence-corrected chi connectivity index (χ3v) is 8.13. The number of aryl methyl sites for hydroxylation is 1. The van der Waals surface area contributed by atoms with Gasteiger partial charge in [-0.2, -0.15) is 0 Å². The van der Waals surface area contributed by atoms with Crippen molar-refractivity contribution in [2.45, 2.75) is 19.4 Å². The van der Waals surface area contributed by atoms with Crippen LogP contribution in [0.5, 0.6) is 0 Å². The summed E-state index contributed by atoms with van der Waals surface area (Å²) in [6, 6.07) is 11.8. The molecule has 1 atom stereocenters. The van der Waals surface area contributed by atoms with Crippen molar-refractivity contribution < 1.29 is 14.7 Å². The molecule has 202 valence electrons. The van der Waals surface area contributed by atoms with Gasteiger partial charge in [-0.1, -0.05) is 23.7 Å². The number of carbonyl (C=O) groups excluding carboxylic acids is 2. The molecular formula is C28H23ClN6O4S. The summed E-state index contributed by atoms with van der Waals surface area (Å²) in [6.07, 6.45) is 1.17. The van der Waals surface area contributed by atoms with Crippen LogP contribution in [0.4, 0.5) is 5.69 Å². The van der Waals surface area contributed by atoms with Crippen LogP contribution in [0.1, 0.15) is 43.0 Å². The van der Waals surface area contributed by atoms with E-state index in [1.807, 2.05) is 6.92 Å². The van der Waals surface area contributed by atoms with Gasteiger partial charge in [0, 0.05) is 35.6 Å². The van der Waals surface area contributed by atoms with Crippen LogP contribution in [-0.4, -0.2) is 54.8 Å². The first-order valence-corrected chi connectivity index (χ1v) is 13.7. The number of amides is 2. The summed E-state index contributed by atoms with van der Waals surface area (Å²) in [6.45, 7) is 2.28. The van der Waals surface area contributed by atoms with Crippen molar-refractivity contribution in [2.24, 2.45) is 0 Å². The van der Waals surface area contributed by atoms with Crippen molar-refractivity contribution >= 4 is 51.5 Å². The molecule has 0 saturated carbocycles. The molecule has 40 heavy (non-hydrogen) atoms. The monoisotopic (exact) mass is 574 g/mol. The van der Waals surface area contributed by atoms with E-state index >= 15 is 0 Å². The summed E-state index contributed by atoms with van der Waals surface area (Å²) in [5, 5.41) is 14.3. The largest absolute Gasteiger partial charge is 0.387 e. The Kier molecular flexibility index (Phi) is 6.70. The number of halogens is 1. The number of imidazole rings is 1. The second-order valence-corrected chi connectivity index (χ2v) is 10.8. The van der Waals surface area contributed by atoms with Crippen LogP contribution >= 0.6 is 22.9 Å². The molecule has 5 aromatic rings. The number of imide groups is 1. The summed E-state index contributed by atoms with van der Waals surface area (Å²) < 4.78 is 0. The second-order valence-electron chi connectivity index (χ2n) is 9.42. The summed E-state index contributed by atoms with van der Waals surface area (Å²) in [7, 11) is 0. The van der Waals surface area contributed by atoms with Gasteiger partial charge in [0.05, 0.1) is 45.2 Å². The van der Waals surface area contributed by atoms with Crippen molar-refractivity contribution in [3.63, 3.8) is 0 Å². The van der Waals surface area contributed by atoms with Gasteiger partial charge in [0.25, 0.3) is 17.4 Å². The van der Waals surface area contributed by atoms with Gasteiger partial charge < -0.3 is 20.4 Å². The maximum Gasteiger partial charge on any atom is 0.261 e. The van der Waals surface area contributed by atoms with Crippen molar-refractivity contribution in [3.8, 4) is 11.4 Å². The number of aromatic nitrogens is 4. The molecule has 0 bridgehead atoms. The maximum atomic E-state index is 13.1. The van der Waals surface area contributed by atoms with Crippen LogP contribution in [0.15, 0.2) is 59.0 Å². The molecule has 3 aromatic heterocycles. The zero-order chi connectivity index (χ0) is 28.0. The Bertz CT molecular complexity index is 1790. The number of hydrogen-bond donors (Lipinski definition) is 4. The number of fused-ring (bicyclic) bond motifs is 2. The maximum absolute atomic E-state index is 13.1. The van der Waals surface area contributed by atoms with Crippen molar-refractivity contribution in [1.29, 1.82) is 0 Å². The van der Waals surface area contributed by atoms with Gasteiger partial charge in [-0.05, 0) is 42.8 Å². The number of anilines is 1. The van der Waals surface area contributed by atoms with E-state index in [4.69, 9.17) is 11.6 Å². The number of H-pyrrole nitrogens is 2. The second kappa shape index (κ2) is 10.3. The lowest BCUT2D eigenvalue weighted by Gasteiger charge is -2.15. The number of nitrogens with zero attached hydrogens (tertiary/aromatic N) is 3. The molecule has 0 spiro atoms. The minimum atomic E-state index is -0.871. The quantitative estimate of drug-likeness (QED) is 0.202. The molecule has 0 saturated heterocycles. The number of hydrogen-bond acceptors (Lipinski definition) is 8. The Morgan fingerprint density at radius 1 is 1.12 bits per heavy atom. The van der Waals surface area contributed by atoms with E-state index in [9.17, 15) is 19.5 Å². The number of benzene rings is 2. The average Bonchev–Trinajstić information content (AvgIpc) is 3.61. The van der Waals surface area contributed by atoms with E-state index in [2.05, 4.69) is 25.3 Å². The number of carbonyl (C=O) groups is 2. The highest BCUT2D eigenvalue weighted by molar-refractivity contribution is 7.09. The van der Waals surface area contributed by atoms with Crippen LogP contribution in [-0.2, 0) is 6.42 Å². The molecule has 0 radical (unpaired) electrons. The highest BCUT2D eigenvalue weighted by Gasteiger charge is 2.36.